The highest BCUT2D eigenvalue weighted by atomic mass is 16.1. The van der Waals surface area contributed by atoms with Crippen LogP contribution in [0.2, 0.25) is 0 Å². The molecule has 0 fully saturated rings. The Labute approximate surface area is 123 Å². The zero-order chi connectivity index (χ0) is 15.2. The van der Waals surface area contributed by atoms with E-state index in [-0.39, 0.29) is 11.1 Å². The minimum Gasteiger partial charge on any atom is -0.295 e. The van der Waals surface area contributed by atoms with Crippen LogP contribution in [0.25, 0.3) is 22.2 Å². The van der Waals surface area contributed by atoms with E-state index in [9.17, 15) is 4.79 Å². The molecule has 0 atom stereocenters. The van der Waals surface area contributed by atoms with Crippen LogP contribution in [0, 0.1) is 5.41 Å². The van der Waals surface area contributed by atoms with Crippen molar-refractivity contribution in [3.63, 3.8) is 0 Å². The van der Waals surface area contributed by atoms with Crippen LogP contribution in [0.3, 0.4) is 0 Å². The molecule has 3 rings (SSSR count). The summed E-state index contributed by atoms with van der Waals surface area (Å²) in [4.78, 5) is 12.5. The number of aromatic nitrogens is 4. The second-order valence-electron chi connectivity index (χ2n) is 6.68. The molecule has 5 heteroatoms. The first-order valence-corrected chi connectivity index (χ1v) is 7.05. The van der Waals surface area contributed by atoms with Gasteiger partial charge in [-0.3, -0.25) is 14.2 Å². The third-order valence-corrected chi connectivity index (χ3v) is 3.61. The van der Waals surface area contributed by atoms with Gasteiger partial charge in [0.15, 0.2) is 0 Å². The molecule has 1 N–H and O–H groups in total. The van der Waals surface area contributed by atoms with Gasteiger partial charge in [0.1, 0.15) is 0 Å². The van der Waals surface area contributed by atoms with Crippen molar-refractivity contribution in [1.29, 1.82) is 0 Å². The molecule has 5 nitrogen and oxygen atoms in total. The van der Waals surface area contributed by atoms with E-state index in [0.29, 0.717) is 6.54 Å². The van der Waals surface area contributed by atoms with E-state index in [4.69, 9.17) is 0 Å². The van der Waals surface area contributed by atoms with Crippen LogP contribution in [-0.2, 0) is 13.6 Å². The number of aryl methyl sites for hydroxylation is 1. The molecular formula is C16H20N4O. The first-order chi connectivity index (χ1) is 9.87. The highest BCUT2D eigenvalue weighted by Crippen LogP contribution is 2.25. The molecule has 0 saturated carbocycles. The summed E-state index contributed by atoms with van der Waals surface area (Å²) in [6, 6.07) is 6.09. The van der Waals surface area contributed by atoms with Gasteiger partial charge < -0.3 is 0 Å². The van der Waals surface area contributed by atoms with Gasteiger partial charge in [-0.05, 0) is 23.1 Å². The van der Waals surface area contributed by atoms with Gasteiger partial charge in [0.05, 0.1) is 17.2 Å². The fraction of sp³-hybridized carbons (Fsp3) is 0.375. The predicted octanol–water partition coefficient (Wildman–Crippen LogP) is 2.78. The average Bonchev–Trinajstić information content (AvgIpc) is 3.01. The van der Waals surface area contributed by atoms with Crippen LogP contribution in [0.15, 0.2) is 35.4 Å². The van der Waals surface area contributed by atoms with E-state index in [1.807, 2.05) is 36.0 Å². The lowest BCUT2D eigenvalue weighted by Crippen LogP contribution is -2.27. The van der Waals surface area contributed by atoms with Gasteiger partial charge in [0.2, 0.25) is 0 Å². The van der Waals surface area contributed by atoms with Crippen LogP contribution in [0.5, 0.6) is 0 Å². The lowest BCUT2D eigenvalue weighted by atomic mass is 9.97. The zero-order valence-electron chi connectivity index (χ0n) is 12.8. The van der Waals surface area contributed by atoms with Crippen LogP contribution >= 0.6 is 0 Å². The molecule has 2 heterocycles. The summed E-state index contributed by atoms with van der Waals surface area (Å²) < 4.78 is 3.57. The van der Waals surface area contributed by atoms with Gasteiger partial charge in [-0.25, -0.2) is 4.79 Å². The number of nitrogens with one attached hydrogen (secondary N) is 1. The molecule has 0 aliphatic heterocycles. The van der Waals surface area contributed by atoms with Crippen molar-refractivity contribution in [1.82, 2.24) is 19.3 Å². The van der Waals surface area contributed by atoms with Gasteiger partial charge in [-0.2, -0.15) is 5.10 Å². The maximum Gasteiger partial charge on any atom is 0.328 e. The van der Waals surface area contributed by atoms with Crippen molar-refractivity contribution >= 4 is 11.0 Å². The molecule has 0 radical (unpaired) electrons. The van der Waals surface area contributed by atoms with Crippen LogP contribution < -0.4 is 5.69 Å². The normalized spacial score (nSPS) is 12.2. The first-order valence-electron chi connectivity index (χ1n) is 7.05. The summed E-state index contributed by atoms with van der Waals surface area (Å²) in [7, 11) is 1.82. The molecule has 0 spiro atoms. The van der Waals surface area contributed by atoms with E-state index >= 15 is 0 Å². The van der Waals surface area contributed by atoms with Gasteiger partial charge in [0.25, 0.3) is 0 Å². The van der Waals surface area contributed by atoms with E-state index in [1.54, 1.807) is 10.8 Å². The van der Waals surface area contributed by atoms with E-state index in [2.05, 4.69) is 31.0 Å². The van der Waals surface area contributed by atoms with Crippen molar-refractivity contribution < 1.29 is 0 Å². The molecule has 0 aliphatic rings. The third-order valence-electron chi connectivity index (χ3n) is 3.61. The fourth-order valence-electron chi connectivity index (χ4n) is 2.62. The number of aromatic amines is 1. The number of nitrogens with zero attached hydrogens (tertiary/aromatic N) is 3. The molecule has 110 valence electrons. The van der Waals surface area contributed by atoms with Crippen LogP contribution in [0.4, 0.5) is 0 Å². The van der Waals surface area contributed by atoms with E-state index in [1.165, 1.54) is 0 Å². The second kappa shape index (κ2) is 4.62. The number of rotatable bonds is 2. The topological polar surface area (TPSA) is 55.6 Å². The van der Waals surface area contributed by atoms with E-state index < -0.39 is 0 Å². The number of H-pyrrole nitrogens is 1. The van der Waals surface area contributed by atoms with Gasteiger partial charge in [0, 0.05) is 25.4 Å². The van der Waals surface area contributed by atoms with Crippen molar-refractivity contribution in [2.45, 2.75) is 27.3 Å². The molecule has 0 saturated heterocycles. The van der Waals surface area contributed by atoms with Gasteiger partial charge in [-0.15, -0.1) is 0 Å². The Morgan fingerprint density at radius 2 is 1.95 bits per heavy atom. The van der Waals surface area contributed by atoms with Crippen molar-refractivity contribution in [2.24, 2.45) is 12.5 Å². The number of hydrogen-bond acceptors (Lipinski definition) is 2. The summed E-state index contributed by atoms with van der Waals surface area (Å²) in [5, 5.41) is 6.79. The molecule has 0 amide bonds. The standard InChI is InChI=1S/C16H20N4O/c1-16(2,3)10-20-13-6-5-11(12-8-17-18-9-12)7-14(13)19(4)15(20)21/h5-9H,10H2,1-4H3,(H,17,18). The highest BCUT2D eigenvalue weighted by Gasteiger charge is 2.18. The van der Waals surface area contributed by atoms with Gasteiger partial charge >= 0.3 is 5.69 Å². The summed E-state index contributed by atoms with van der Waals surface area (Å²) >= 11 is 0. The van der Waals surface area contributed by atoms with Crippen molar-refractivity contribution in [3.8, 4) is 11.1 Å². The molecule has 21 heavy (non-hydrogen) atoms. The number of hydrogen-bond donors (Lipinski definition) is 1. The Kier molecular flexibility index (Phi) is 3.01. The van der Waals surface area contributed by atoms with Crippen molar-refractivity contribution in [3.05, 3.63) is 41.1 Å². The minimum atomic E-state index is 0.0317. The Morgan fingerprint density at radius 1 is 1.19 bits per heavy atom. The molecule has 3 aromatic rings. The smallest absolute Gasteiger partial charge is 0.295 e. The fourth-order valence-corrected chi connectivity index (χ4v) is 2.62. The van der Waals surface area contributed by atoms with E-state index in [0.717, 1.165) is 22.2 Å². The predicted molar refractivity (Wildman–Crippen MR) is 84.2 cm³/mol. The van der Waals surface area contributed by atoms with Crippen LogP contribution in [-0.4, -0.2) is 19.3 Å². The largest absolute Gasteiger partial charge is 0.328 e. The maximum atomic E-state index is 12.5. The number of imidazole rings is 1. The zero-order valence-corrected chi connectivity index (χ0v) is 12.8. The molecule has 0 bridgehead atoms. The SMILES string of the molecule is Cn1c(=O)n(CC(C)(C)C)c2ccc(-c3cn[nH]c3)cc21. The number of benzene rings is 1. The molecular weight excluding hydrogens is 264 g/mol. The van der Waals surface area contributed by atoms with Crippen LogP contribution in [0.1, 0.15) is 20.8 Å². The monoisotopic (exact) mass is 284 g/mol. The average molecular weight is 284 g/mol. The highest BCUT2D eigenvalue weighted by molar-refractivity contribution is 5.82. The minimum absolute atomic E-state index is 0.0317. The maximum absolute atomic E-state index is 12.5. The third kappa shape index (κ3) is 2.39. The first kappa shape index (κ1) is 13.7. The Balaban J connectivity index is 2.20. The Bertz CT molecular complexity index is 832. The molecule has 0 aliphatic carbocycles. The molecule has 2 aromatic heterocycles. The second-order valence-corrected chi connectivity index (χ2v) is 6.68. The Morgan fingerprint density at radius 3 is 2.57 bits per heavy atom. The number of fused-ring (bicyclic) bond motifs is 1. The lowest BCUT2D eigenvalue weighted by Gasteiger charge is -2.18. The summed E-state index contributed by atoms with van der Waals surface area (Å²) in [6.45, 7) is 7.11. The summed E-state index contributed by atoms with van der Waals surface area (Å²) in [5.74, 6) is 0. The summed E-state index contributed by atoms with van der Waals surface area (Å²) in [5.41, 5.74) is 4.09. The van der Waals surface area contributed by atoms with Gasteiger partial charge in [-0.1, -0.05) is 26.8 Å². The quantitative estimate of drug-likeness (QED) is 0.786. The summed E-state index contributed by atoms with van der Waals surface area (Å²) in [6.07, 6.45) is 3.64. The lowest BCUT2D eigenvalue weighted by molar-refractivity contribution is 0.342. The Hall–Kier alpha value is -2.30. The molecule has 0 unspecified atom stereocenters. The molecule has 1 aromatic carbocycles. The van der Waals surface area contributed by atoms with Crippen molar-refractivity contribution in [2.75, 3.05) is 0 Å².